The van der Waals surface area contributed by atoms with Gasteiger partial charge in [0.2, 0.25) is 5.88 Å². The second-order valence-corrected chi connectivity index (χ2v) is 6.67. The third-order valence-electron chi connectivity index (χ3n) is 3.77. The summed E-state index contributed by atoms with van der Waals surface area (Å²) in [5.74, 6) is 1.59. The van der Waals surface area contributed by atoms with Crippen LogP contribution in [0.25, 0.3) is 10.8 Å². The van der Waals surface area contributed by atoms with Gasteiger partial charge in [-0.05, 0) is 30.4 Å². The van der Waals surface area contributed by atoms with Crippen LogP contribution in [0.4, 0.5) is 0 Å². The molecule has 0 atom stereocenters. The zero-order valence-corrected chi connectivity index (χ0v) is 14.1. The van der Waals surface area contributed by atoms with Gasteiger partial charge in [-0.25, -0.2) is 15.0 Å². The molecule has 2 N–H and O–H groups in total. The smallest absolute Gasteiger partial charge is 0.271 e. The number of H-pyrrole nitrogens is 1. The quantitative estimate of drug-likeness (QED) is 0.671. The first-order valence-electron chi connectivity index (χ1n) is 7.95. The Hall–Kier alpha value is -2.81. The number of aromatic nitrogens is 5. The summed E-state index contributed by atoms with van der Waals surface area (Å²) in [6, 6.07) is 3.70. The van der Waals surface area contributed by atoms with Crippen molar-refractivity contribution in [1.29, 1.82) is 0 Å². The van der Waals surface area contributed by atoms with Crippen LogP contribution in [0.3, 0.4) is 0 Å². The van der Waals surface area contributed by atoms with Gasteiger partial charge in [-0.2, -0.15) is 5.10 Å². The summed E-state index contributed by atoms with van der Waals surface area (Å²) >= 11 is 1.34. The number of nitrogens with one attached hydrogen (secondary N) is 2. The Kier molecular flexibility index (Phi) is 4.38. The van der Waals surface area contributed by atoms with Crippen molar-refractivity contribution in [2.24, 2.45) is 5.92 Å². The highest BCUT2D eigenvalue weighted by atomic mass is 32.1. The molecule has 3 aromatic heterocycles. The van der Waals surface area contributed by atoms with Gasteiger partial charge in [0, 0.05) is 24.2 Å². The van der Waals surface area contributed by atoms with Crippen molar-refractivity contribution in [2.75, 3.05) is 6.61 Å². The Morgan fingerprint density at radius 2 is 2.32 bits per heavy atom. The molecule has 128 valence electrons. The van der Waals surface area contributed by atoms with Crippen LogP contribution in [0, 0.1) is 5.92 Å². The van der Waals surface area contributed by atoms with Gasteiger partial charge < -0.3 is 10.1 Å². The minimum absolute atomic E-state index is 0.237. The Labute approximate surface area is 147 Å². The van der Waals surface area contributed by atoms with E-state index < -0.39 is 0 Å². The number of hydrogen-bond acceptors (Lipinski definition) is 7. The SMILES string of the molecule is O=C(NCc1ccnc(OCC2CC2)c1)c1csc(-c2ncn[nH]2)n1. The van der Waals surface area contributed by atoms with Crippen LogP contribution < -0.4 is 10.1 Å². The van der Waals surface area contributed by atoms with Gasteiger partial charge in [0.15, 0.2) is 10.8 Å². The van der Waals surface area contributed by atoms with Crippen molar-refractivity contribution in [3.8, 4) is 16.7 Å². The Balaban J connectivity index is 1.34. The van der Waals surface area contributed by atoms with Crippen molar-refractivity contribution in [2.45, 2.75) is 19.4 Å². The fraction of sp³-hybridized carbons (Fsp3) is 0.312. The lowest BCUT2D eigenvalue weighted by Crippen LogP contribution is -2.23. The van der Waals surface area contributed by atoms with Crippen LogP contribution in [0.2, 0.25) is 0 Å². The number of pyridine rings is 1. The highest BCUT2D eigenvalue weighted by Crippen LogP contribution is 2.29. The van der Waals surface area contributed by atoms with E-state index in [4.69, 9.17) is 4.74 Å². The summed E-state index contributed by atoms with van der Waals surface area (Å²) in [6.07, 6.45) is 5.57. The number of rotatable bonds is 7. The predicted octanol–water partition coefficient (Wildman–Crippen LogP) is 2.04. The molecule has 25 heavy (non-hydrogen) atoms. The van der Waals surface area contributed by atoms with Gasteiger partial charge in [0.1, 0.15) is 12.0 Å². The van der Waals surface area contributed by atoms with Crippen molar-refractivity contribution in [1.82, 2.24) is 30.5 Å². The van der Waals surface area contributed by atoms with E-state index in [0.717, 1.165) is 5.56 Å². The van der Waals surface area contributed by atoms with Gasteiger partial charge in [0.25, 0.3) is 5.91 Å². The molecule has 3 heterocycles. The van der Waals surface area contributed by atoms with Crippen LogP contribution >= 0.6 is 11.3 Å². The van der Waals surface area contributed by atoms with E-state index in [1.54, 1.807) is 11.6 Å². The molecular weight excluding hydrogens is 340 g/mol. The fourth-order valence-corrected chi connectivity index (χ4v) is 2.94. The first-order valence-corrected chi connectivity index (χ1v) is 8.83. The molecule has 1 saturated carbocycles. The monoisotopic (exact) mass is 356 g/mol. The van der Waals surface area contributed by atoms with Crippen molar-refractivity contribution < 1.29 is 9.53 Å². The molecule has 0 aromatic carbocycles. The first-order chi connectivity index (χ1) is 12.3. The largest absolute Gasteiger partial charge is 0.477 e. The molecule has 0 aliphatic heterocycles. The van der Waals surface area contributed by atoms with E-state index in [2.05, 4.69) is 30.5 Å². The van der Waals surface area contributed by atoms with Gasteiger partial charge in [0.05, 0.1) is 6.61 Å². The molecule has 1 aliphatic carbocycles. The predicted molar refractivity (Wildman–Crippen MR) is 91.1 cm³/mol. The average Bonchev–Trinajstić information content (AvgIpc) is 3.11. The molecule has 0 bridgehead atoms. The zero-order valence-electron chi connectivity index (χ0n) is 13.3. The summed E-state index contributed by atoms with van der Waals surface area (Å²) in [6.45, 7) is 1.10. The van der Waals surface area contributed by atoms with E-state index in [9.17, 15) is 4.79 Å². The molecule has 9 heteroatoms. The van der Waals surface area contributed by atoms with Crippen LogP contribution in [-0.4, -0.2) is 37.7 Å². The molecule has 1 amide bonds. The second kappa shape index (κ2) is 6.98. The average molecular weight is 356 g/mol. The minimum atomic E-state index is -0.237. The Morgan fingerprint density at radius 3 is 3.12 bits per heavy atom. The van der Waals surface area contributed by atoms with Gasteiger partial charge in [-0.1, -0.05) is 0 Å². The summed E-state index contributed by atoms with van der Waals surface area (Å²) in [5.41, 5.74) is 1.29. The minimum Gasteiger partial charge on any atom is -0.477 e. The first kappa shape index (κ1) is 15.7. The number of amides is 1. The van der Waals surface area contributed by atoms with Gasteiger partial charge in [-0.15, -0.1) is 11.3 Å². The lowest BCUT2D eigenvalue weighted by molar-refractivity contribution is 0.0946. The number of thiazole rings is 1. The number of hydrogen-bond donors (Lipinski definition) is 2. The van der Waals surface area contributed by atoms with E-state index in [-0.39, 0.29) is 5.91 Å². The molecule has 0 spiro atoms. The maximum atomic E-state index is 12.2. The lowest BCUT2D eigenvalue weighted by Gasteiger charge is -2.07. The van der Waals surface area contributed by atoms with E-state index in [1.807, 2.05) is 12.1 Å². The summed E-state index contributed by atoms with van der Waals surface area (Å²) in [7, 11) is 0. The molecule has 0 radical (unpaired) electrons. The summed E-state index contributed by atoms with van der Waals surface area (Å²) in [5, 5.41) is 11.7. The normalized spacial score (nSPS) is 13.6. The maximum absolute atomic E-state index is 12.2. The molecule has 4 rings (SSSR count). The van der Waals surface area contributed by atoms with Crippen LogP contribution in [0.15, 0.2) is 30.0 Å². The van der Waals surface area contributed by atoms with E-state index in [0.29, 0.717) is 41.5 Å². The summed E-state index contributed by atoms with van der Waals surface area (Å²) in [4.78, 5) is 24.7. The van der Waals surface area contributed by atoms with Crippen LogP contribution in [-0.2, 0) is 6.54 Å². The highest BCUT2D eigenvalue weighted by Gasteiger charge is 2.22. The third kappa shape index (κ3) is 4.00. The zero-order chi connectivity index (χ0) is 17.1. The van der Waals surface area contributed by atoms with Gasteiger partial charge in [-0.3, -0.25) is 9.89 Å². The molecule has 1 aliphatic rings. The van der Waals surface area contributed by atoms with Crippen LogP contribution in [0.1, 0.15) is 28.9 Å². The molecule has 0 unspecified atom stereocenters. The molecule has 8 nitrogen and oxygen atoms in total. The fourth-order valence-electron chi connectivity index (χ4n) is 2.20. The van der Waals surface area contributed by atoms with Crippen molar-refractivity contribution >= 4 is 17.2 Å². The van der Waals surface area contributed by atoms with Crippen molar-refractivity contribution in [3.63, 3.8) is 0 Å². The van der Waals surface area contributed by atoms with E-state index in [1.165, 1.54) is 30.5 Å². The number of ether oxygens (including phenoxy) is 1. The number of carbonyl (C=O) groups is 1. The van der Waals surface area contributed by atoms with Crippen molar-refractivity contribution in [3.05, 3.63) is 41.3 Å². The third-order valence-corrected chi connectivity index (χ3v) is 4.62. The van der Waals surface area contributed by atoms with Gasteiger partial charge >= 0.3 is 0 Å². The standard InChI is InChI=1S/C16H16N6O2S/c23-15(12-8-25-16(21-12)14-19-9-20-22-14)18-6-11-3-4-17-13(5-11)24-7-10-1-2-10/h3-5,8-10H,1-2,6-7H2,(H,18,23)(H,19,20,22). The number of carbonyl (C=O) groups excluding carboxylic acids is 1. The lowest BCUT2D eigenvalue weighted by atomic mass is 10.2. The molecule has 0 saturated heterocycles. The molecule has 3 aromatic rings. The number of aromatic amines is 1. The second-order valence-electron chi connectivity index (χ2n) is 5.81. The van der Waals surface area contributed by atoms with E-state index >= 15 is 0 Å². The summed E-state index contributed by atoms with van der Waals surface area (Å²) < 4.78 is 5.66. The highest BCUT2D eigenvalue weighted by molar-refractivity contribution is 7.13. The Bertz CT molecular complexity index is 859. The van der Waals surface area contributed by atoms with Crippen LogP contribution in [0.5, 0.6) is 5.88 Å². The molecule has 1 fully saturated rings. The molecular formula is C16H16N6O2S. The maximum Gasteiger partial charge on any atom is 0.271 e. The number of nitrogens with zero attached hydrogens (tertiary/aromatic N) is 4. The topological polar surface area (TPSA) is 106 Å². The Morgan fingerprint density at radius 1 is 1.40 bits per heavy atom.